The predicted octanol–water partition coefficient (Wildman–Crippen LogP) is -3.57. The number of carbonyl (C=O) groups is 10. The van der Waals surface area contributed by atoms with Gasteiger partial charge in [0.25, 0.3) is 0 Å². The van der Waals surface area contributed by atoms with Crippen LogP contribution >= 0.6 is 11.8 Å². The lowest BCUT2D eigenvalue weighted by molar-refractivity contribution is -0.142. The van der Waals surface area contributed by atoms with Crippen LogP contribution in [0.2, 0.25) is 0 Å². The quantitative estimate of drug-likeness (QED) is 0.0210. The van der Waals surface area contributed by atoms with Gasteiger partial charge in [-0.1, -0.05) is 64.4 Å². The molecule has 18 N–H and O–H groups in total. The predicted molar refractivity (Wildman–Crippen MR) is 280 cm³/mol. The van der Waals surface area contributed by atoms with Crippen molar-refractivity contribution in [3.8, 4) is 0 Å². The van der Waals surface area contributed by atoms with Gasteiger partial charge in [-0.15, -0.1) is 0 Å². The average Bonchev–Trinajstić information content (AvgIpc) is 4.11. The molecule has 1 saturated heterocycles. The van der Waals surface area contributed by atoms with Gasteiger partial charge in [-0.25, -0.2) is 14.8 Å². The Kier molecular flexibility index (Phi) is 24.3. The Morgan fingerprint density at radius 2 is 1.42 bits per heavy atom. The first-order valence-electron chi connectivity index (χ1n) is 24.8. The lowest BCUT2D eigenvalue weighted by Crippen LogP contribution is -2.62. The monoisotopic (exact) mass is 1090 g/mol. The molecule has 10 atom stereocenters. The van der Waals surface area contributed by atoms with Gasteiger partial charge in [0.1, 0.15) is 48.3 Å². The number of thioether (sulfide) groups is 1. The number of nitrogens with two attached hydrogens (primary N) is 3. The van der Waals surface area contributed by atoms with Crippen LogP contribution in [0.25, 0.3) is 0 Å². The standard InChI is InChI=1S/C48H70N16O12S/c1-5-25(4)38-46(74)59-32(15-27-18-52-22-55-27)42(70)61-34(43(71)58-31(14-26-10-7-6-8-11-26)41(69)60-33(47(75)76)16-28-19-53-23-56-28)20-77-21-35(44(72)64-38)62-45(73)37(24(2)3)63-40(68)30(12-9-13-54-48(50)51)57-39(67)29(49)17-36(65)66/h6-8,10-11,18-19,22-25,29-35,37-38H,5,9,12-17,20-21,49H2,1-4H3,(H,52,55)(H,53,56)(H,57,67)(H,58,71)(H,59,74)(H,60,69)(H,61,70)(H,62,73)(H,63,68)(H,64,72)(H,65,66)(H,75,76)(H4,50,51,54)/t25-,29-,30-,31-,32-,33-,34-,35-,37-,38-/m0/s1. The van der Waals surface area contributed by atoms with Gasteiger partial charge in [0.15, 0.2) is 5.96 Å². The van der Waals surface area contributed by atoms with Crippen molar-refractivity contribution in [1.82, 2.24) is 62.5 Å². The highest BCUT2D eigenvalue weighted by Gasteiger charge is 2.38. The zero-order chi connectivity index (χ0) is 56.8. The fourth-order valence-corrected chi connectivity index (χ4v) is 8.86. The van der Waals surface area contributed by atoms with Gasteiger partial charge >= 0.3 is 11.9 Å². The van der Waals surface area contributed by atoms with Gasteiger partial charge in [0.05, 0.1) is 25.1 Å². The second kappa shape index (κ2) is 30.5. The smallest absolute Gasteiger partial charge is 0.326 e. The highest BCUT2D eigenvalue weighted by atomic mass is 32.2. The Labute approximate surface area is 447 Å². The Hall–Kier alpha value is -8.08. The van der Waals surface area contributed by atoms with Gasteiger partial charge in [-0.2, -0.15) is 11.8 Å². The molecule has 3 aromatic rings. The van der Waals surface area contributed by atoms with Gasteiger partial charge in [0, 0.05) is 61.1 Å². The number of hydrogen-bond acceptors (Lipinski definition) is 15. The number of carboxylic acid groups (broad SMARTS) is 2. The molecule has 0 aliphatic carbocycles. The summed E-state index contributed by atoms with van der Waals surface area (Å²) >= 11 is 0.934. The van der Waals surface area contributed by atoms with Crippen LogP contribution < -0.4 is 59.7 Å². The van der Waals surface area contributed by atoms with Crippen molar-refractivity contribution in [1.29, 1.82) is 0 Å². The second-order valence-electron chi connectivity index (χ2n) is 18.7. The molecule has 0 saturated carbocycles. The van der Waals surface area contributed by atoms with Crippen LogP contribution in [-0.2, 0) is 67.2 Å². The molecule has 3 heterocycles. The van der Waals surface area contributed by atoms with E-state index in [9.17, 15) is 58.2 Å². The van der Waals surface area contributed by atoms with Crippen LogP contribution in [0, 0.1) is 11.8 Å². The maximum Gasteiger partial charge on any atom is 0.326 e. The zero-order valence-electron chi connectivity index (χ0n) is 43.1. The molecule has 1 fully saturated rings. The number of benzene rings is 1. The summed E-state index contributed by atoms with van der Waals surface area (Å²) in [6.07, 6.45) is 4.78. The molecular weight excluding hydrogens is 1020 g/mol. The summed E-state index contributed by atoms with van der Waals surface area (Å²) < 4.78 is 0. The van der Waals surface area contributed by atoms with Crippen molar-refractivity contribution in [2.45, 2.75) is 127 Å². The summed E-state index contributed by atoms with van der Waals surface area (Å²) in [5.74, 6) is -11.7. The number of aliphatic imine (C=N–C) groups is 1. The number of hydrogen-bond donors (Lipinski definition) is 15. The lowest BCUT2D eigenvalue weighted by Gasteiger charge is -2.29. The number of imidazole rings is 2. The van der Waals surface area contributed by atoms with E-state index in [-0.39, 0.29) is 56.1 Å². The molecule has 4 rings (SSSR count). The minimum Gasteiger partial charge on any atom is -0.481 e. The third-order valence-corrected chi connectivity index (χ3v) is 13.4. The van der Waals surface area contributed by atoms with E-state index < -0.39 is 132 Å². The molecule has 1 aromatic carbocycles. The first kappa shape index (κ1) is 61.5. The Balaban J connectivity index is 1.69. The van der Waals surface area contributed by atoms with Crippen LogP contribution in [0.4, 0.5) is 0 Å². The van der Waals surface area contributed by atoms with Crippen molar-refractivity contribution >= 4 is 76.9 Å². The van der Waals surface area contributed by atoms with Crippen molar-refractivity contribution in [3.05, 3.63) is 72.3 Å². The van der Waals surface area contributed by atoms with E-state index in [0.29, 0.717) is 23.4 Å². The maximum atomic E-state index is 14.6. The fraction of sp³-hybridized carbons (Fsp3) is 0.521. The third-order valence-electron chi connectivity index (χ3n) is 12.3. The molecule has 420 valence electrons. The van der Waals surface area contributed by atoms with Gasteiger partial charge in [-0.3, -0.25) is 48.1 Å². The van der Waals surface area contributed by atoms with E-state index in [2.05, 4.69) is 67.5 Å². The molecule has 1 aliphatic heterocycles. The number of guanidine groups is 1. The molecule has 2 aromatic heterocycles. The second-order valence-corrected chi connectivity index (χ2v) is 19.8. The number of carboxylic acids is 2. The number of carbonyl (C=O) groups excluding carboxylic acids is 8. The van der Waals surface area contributed by atoms with E-state index in [1.807, 2.05) is 0 Å². The Morgan fingerprint density at radius 3 is 2.01 bits per heavy atom. The van der Waals surface area contributed by atoms with E-state index in [1.165, 1.54) is 25.0 Å². The molecule has 77 heavy (non-hydrogen) atoms. The van der Waals surface area contributed by atoms with E-state index in [1.54, 1.807) is 58.0 Å². The SMILES string of the molecule is CC[C@H](C)[C@@H]1NC(=O)[C@@H](NC(=O)[C@@H](NC(=O)[C@H](CCCN=C(N)N)NC(=O)[C@@H](N)CC(=O)O)C(C)C)CSC[C@@H](C(=O)N[C@@H](Cc2ccccc2)C(=O)N[C@@H](Cc2cnc[nH]2)C(=O)O)NC(=O)[C@H](Cc2cnc[nH]2)NC1=O. The normalized spacial score (nSPS) is 19.5. The summed E-state index contributed by atoms with van der Waals surface area (Å²) in [7, 11) is 0. The van der Waals surface area contributed by atoms with Gasteiger partial charge < -0.3 is 79.9 Å². The van der Waals surface area contributed by atoms with Crippen LogP contribution in [0.15, 0.2) is 60.4 Å². The third kappa shape index (κ3) is 20.2. The summed E-state index contributed by atoms with van der Waals surface area (Å²) in [6, 6.07) is -4.21. The zero-order valence-corrected chi connectivity index (χ0v) is 43.9. The first-order chi connectivity index (χ1) is 36.6. The number of nitrogens with one attached hydrogen (secondary N) is 10. The number of nitrogens with zero attached hydrogens (tertiary/aromatic N) is 3. The number of aromatic nitrogens is 4. The van der Waals surface area contributed by atoms with E-state index >= 15 is 0 Å². The molecule has 0 bridgehead atoms. The molecule has 29 heteroatoms. The number of aromatic amines is 2. The largest absolute Gasteiger partial charge is 0.481 e. The topological polar surface area (TPSA) is 455 Å². The van der Waals surface area contributed by atoms with Crippen LogP contribution in [0.1, 0.15) is 70.3 Å². The molecule has 0 unspecified atom stereocenters. The van der Waals surface area contributed by atoms with Crippen molar-refractivity contribution in [2.75, 3.05) is 18.1 Å². The molecule has 1 aliphatic rings. The van der Waals surface area contributed by atoms with Crippen molar-refractivity contribution in [2.24, 2.45) is 34.0 Å². The van der Waals surface area contributed by atoms with Crippen LogP contribution in [-0.4, -0.2) is 168 Å². The average molecular weight is 1100 g/mol. The summed E-state index contributed by atoms with van der Waals surface area (Å²) in [6.45, 7) is 6.71. The number of aliphatic carboxylic acids is 2. The first-order valence-corrected chi connectivity index (χ1v) is 26.0. The number of rotatable bonds is 26. The molecule has 0 radical (unpaired) electrons. The Morgan fingerprint density at radius 1 is 0.766 bits per heavy atom. The highest BCUT2D eigenvalue weighted by molar-refractivity contribution is 7.99. The fourth-order valence-electron chi connectivity index (χ4n) is 7.79. The van der Waals surface area contributed by atoms with Crippen molar-refractivity contribution < 1.29 is 58.2 Å². The minimum atomic E-state index is -1.53. The lowest BCUT2D eigenvalue weighted by atomic mass is 9.97. The summed E-state index contributed by atoms with van der Waals surface area (Å²) in [5, 5.41) is 40.3. The van der Waals surface area contributed by atoms with Crippen molar-refractivity contribution in [3.63, 3.8) is 0 Å². The molecule has 28 nitrogen and oxygen atoms in total. The number of H-pyrrole nitrogens is 2. The van der Waals surface area contributed by atoms with E-state index in [0.717, 1.165) is 11.8 Å². The van der Waals surface area contributed by atoms with Gasteiger partial charge in [-0.05, 0) is 30.2 Å². The maximum absolute atomic E-state index is 14.6. The molecule has 8 amide bonds. The highest BCUT2D eigenvalue weighted by Crippen LogP contribution is 2.16. The van der Waals surface area contributed by atoms with Crippen LogP contribution in [0.3, 0.4) is 0 Å². The van der Waals surface area contributed by atoms with Crippen LogP contribution in [0.5, 0.6) is 0 Å². The number of amides is 8. The molecular formula is C48H70N16O12S. The molecule has 0 spiro atoms. The minimum absolute atomic E-state index is 0.0442. The Bertz CT molecular complexity index is 2510. The van der Waals surface area contributed by atoms with Gasteiger partial charge in [0.2, 0.25) is 47.3 Å². The van der Waals surface area contributed by atoms with E-state index in [4.69, 9.17) is 17.2 Å². The summed E-state index contributed by atoms with van der Waals surface area (Å²) in [5.41, 5.74) is 18.1. The summed E-state index contributed by atoms with van der Waals surface area (Å²) in [4.78, 5) is 154.